The molecule has 3 rings (SSSR count). The molecule has 1 aliphatic heterocycles. The van der Waals surface area contributed by atoms with Gasteiger partial charge in [-0.3, -0.25) is 0 Å². The van der Waals surface area contributed by atoms with E-state index in [-0.39, 0.29) is 11.6 Å². The lowest BCUT2D eigenvalue weighted by Crippen LogP contribution is -2.45. The van der Waals surface area contributed by atoms with Crippen molar-refractivity contribution >= 4 is 5.69 Å². The minimum Gasteiger partial charge on any atom is -0.569 e. The molecule has 1 atom stereocenters. The van der Waals surface area contributed by atoms with Crippen molar-refractivity contribution in [3.05, 3.63) is 41.9 Å². The second-order valence-corrected chi connectivity index (χ2v) is 7.55. The van der Waals surface area contributed by atoms with Gasteiger partial charge >= 0.3 is 0 Å². The Morgan fingerprint density at radius 2 is 2.15 bits per heavy atom. The van der Waals surface area contributed by atoms with Gasteiger partial charge in [0.25, 0.3) is 0 Å². The minimum absolute atomic E-state index is 0.116. The zero-order valence-electron chi connectivity index (χ0n) is 16.3. The number of hydrogen-bond acceptors (Lipinski definition) is 6. The number of nitrogens with zero attached hydrogens (tertiary/aromatic N) is 7. The zero-order valence-corrected chi connectivity index (χ0v) is 16.3. The van der Waals surface area contributed by atoms with Gasteiger partial charge in [-0.05, 0) is 45.9 Å². The van der Waals surface area contributed by atoms with Gasteiger partial charge in [0, 0.05) is 18.7 Å². The van der Waals surface area contributed by atoms with Crippen molar-refractivity contribution in [2.24, 2.45) is 5.28 Å². The molecule has 0 bridgehead atoms. The van der Waals surface area contributed by atoms with E-state index in [1.54, 1.807) is 15.9 Å². The highest BCUT2D eigenvalue weighted by Crippen LogP contribution is 2.24. The number of hydrazine groups is 1. The molecule has 0 spiro atoms. The van der Waals surface area contributed by atoms with Crippen molar-refractivity contribution in [3.63, 3.8) is 0 Å². The number of rotatable bonds is 6. The predicted octanol–water partition coefficient (Wildman–Crippen LogP) is 2.78. The third kappa shape index (κ3) is 4.47. The summed E-state index contributed by atoms with van der Waals surface area (Å²) in [7, 11) is 0. The van der Waals surface area contributed by atoms with Gasteiger partial charge < -0.3 is 14.9 Å². The van der Waals surface area contributed by atoms with Crippen LogP contribution in [0.25, 0.3) is 5.69 Å². The Kier molecular flexibility index (Phi) is 5.48. The number of hydrogen-bond donors (Lipinski definition) is 0. The third-order valence-electron chi connectivity index (χ3n) is 4.57. The first kappa shape index (κ1) is 18.9. The van der Waals surface area contributed by atoms with Crippen LogP contribution in [-0.4, -0.2) is 56.2 Å². The highest BCUT2D eigenvalue weighted by atomic mass is 16.7. The second-order valence-electron chi connectivity index (χ2n) is 7.55. The molecule has 1 aliphatic rings. The Morgan fingerprint density at radius 1 is 1.37 bits per heavy atom. The molecule has 0 radical (unpaired) electrons. The summed E-state index contributed by atoms with van der Waals surface area (Å²) in [5.74, 6) is 0. The largest absolute Gasteiger partial charge is 0.569 e. The van der Waals surface area contributed by atoms with Crippen molar-refractivity contribution in [2.75, 3.05) is 24.5 Å². The van der Waals surface area contributed by atoms with Crippen molar-refractivity contribution in [1.82, 2.24) is 20.0 Å². The van der Waals surface area contributed by atoms with Gasteiger partial charge in [0.2, 0.25) is 5.28 Å². The highest BCUT2D eigenvalue weighted by Gasteiger charge is 2.29. The zero-order chi connectivity index (χ0) is 19.4. The van der Waals surface area contributed by atoms with E-state index < -0.39 is 0 Å². The summed E-state index contributed by atoms with van der Waals surface area (Å²) in [5, 5.41) is 25.5. The molecule has 1 saturated heterocycles. The van der Waals surface area contributed by atoms with Crippen molar-refractivity contribution < 1.29 is 9.81 Å². The van der Waals surface area contributed by atoms with Crippen LogP contribution in [0.2, 0.25) is 0 Å². The number of anilines is 1. The normalized spacial score (nSPS) is 18.0. The van der Waals surface area contributed by atoms with Crippen LogP contribution in [0.4, 0.5) is 5.69 Å². The van der Waals surface area contributed by atoms with Gasteiger partial charge in [-0.2, -0.15) is 0 Å². The number of benzene rings is 1. The van der Waals surface area contributed by atoms with Crippen molar-refractivity contribution in [2.45, 2.75) is 45.8 Å². The monoisotopic (exact) mass is 373 g/mol. The molecular weight excluding hydrogens is 346 g/mol. The van der Waals surface area contributed by atoms with Crippen LogP contribution in [0.1, 0.15) is 34.1 Å². The number of aromatic nitrogens is 3. The topological polar surface area (TPSA) is 84.9 Å². The summed E-state index contributed by atoms with van der Waals surface area (Å²) in [4.78, 5) is 8.31. The van der Waals surface area contributed by atoms with E-state index in [2.05, 4.69) is 32.6 Å². The van der Waals surface area contributed by atoms with Crippen LogP contribution in [-0.2, 0) is 4.84 Å². The van der Waals surface area contributed by atoms with E-state index in [1.165, 1.54) is 0 Å². The summed E-state index contributed by atoms with van der Waals surface area (Å²) in [6, 6.07) is 8.09. The van der Waals surface area contributed by atoms with Crippen molar-refractivity contribution in [1.29, 1.82) is 0 Å². The summed E-state index contributed by atoms with van der Waals surface area (Å²) in [6.45, 7) is 9.91. The summed E-state index contributed by atoms with van der Waals surface area (Å²) < 4.78 is 1.73. The van der Waals surface area contributed by atoms with Gasteiger partial charge in [-0.1, -0.05) is 11.3 Å². The molecule has 1 aromatic heterocycles. The van der Waals surface area contributed by atoms with E-state index >= 15 is 0 Å². The van der Waals surface area contributed by atoms with Crippen LogP contribution in [0.3, 0.4) is 0 Å². The van der Waals surface area contributed by atoms with Crippen molar-refractivity contribution in [3.8, 4) is 5.69 Å². The van der Waals surface area contributed by atoms with E-state index in [0.717, 1.165) is 24.3 Å². The second kappa shape index (κ2) is 7.81. The molecule has 1 fully saturated rings. The maximum absolute atomic E-state index is 12.2. The summed E-state index contributed by atoms with van der Waals surface area (Å²) in [6.07, 6.45) is 4.16. The molecule has 9 nitrogen and oxygen atoms in total. The molecule has 0 unspecified atom stereocenters. The van der Waals surface area contributed by atoms with E-state index in [0.29, 0.717) is 18.1 Å². The van der Waals surface area contributed by atoms with E-state index in [4.69, 9.17) is 4.84 Å². The fourth-order valence-corrected chi connectivity index (χ4v) is 3.23. The van der Waals surface area contributed by atoms with Crippen LogP contribution in [0, 0.1) is 5.21 Å². The Balaban J connectivity index is 1.62. The molecule has 2 heterocycles. The summed E-state index contributed by atoms with van der Waals surface area (Å²) in [5.41, 5.74) is 1.72. The lowest BCUT2D eigenvalue weighted by molar-refractivity contribution is -0.725. The average molecular weight is 373 g/mol. The van der Waals surface area contributed by atoms with Crippen LogP contribution >= 0.6 is 0 Å². The highest BCUT2D eigenvalue weighted by molar-refractivity contribution is 5.53. The van der Waals surface area contributed by atoms with E-state index in [9.17, 15) is 5.21 Å². The molecule has 0 amide bonds. The molecule has 27 heavy (non-hydrogen) atoms. The maximum atomic E-state index is 12.2. The first-order valence-corrected chi connectivity index (χ1v) is 9.22. The molecule has 146 valence electrons. The summed E-state index contributed by atoms with van der Waals surface area (Å²) >= 11 is 0. The Morgan fingerprint density at radius 3 is 2.81 bits per heavy atom. The molecule has 1 aromatic carbocycles. The average Bonchev–Trinajstić information content (AvgIpc) is 3.31. The first-order chi connectivity index (χ1) is 12.9. The molecular formula is C18H27N7O2. The lowest BCUT2D eigenvalue weighted by Gasteiger charge is -2.29. The fraction of sp³-hybridized carbons (Fsp3) is 0.556. The molecule has 0 aliphatic carbocycles. The SMILES string of the molecule is CCN(/[N+]([O-])=N\O[C@@H]1CCN(c2cccc(-n3ccnn3)c2)C1)C(C)(C)C. The lowest BCUT2D eigenvalue weighted by atomic mass is 10.1. The minimum atomic E-state index is -0.313. The van der Waals surface area contributed by atoms with Gasteiger partial charge in [-0.15, -0.1) is 10.1 Å². The Labute approximate surface area is 159 Å². The van der Waals surface area contributed by atoms with Gasteiger partial charge in [0.1, 0.15) is 0 Å². The van der Waals surface area contributed by atoms with Crippen LogP contribution in [0.5, 0.6) is 0 Å². The first-order valence-electron chi connectivity index (χ1n) is 9.22. The third-order valence-corrected chi connectivity index (χ3v) is 4.57. The maximum Gasteiger partial charge on any atom is 0.233 e. The predicted molar refractivity (Wildman–Crippen MR) is 101 cm³/mol. The van der Waals surface area contributed by atoms with Crippen LogP contribution in [0.15, 0.2) is 41.9 Å². The smallest absolute Gasteiger partial charge is 0.233 e. The molecule has 0 saturated carbocycles. The van der Waals surface area contributed by atoms with Gasteiger partial charge in [0.05, 0.1) is 41.7 Å². The quantitative estimate of drug-likeness (QED) is 0.440. The van der Waals surface area contributed by atoms with Gasteiger partial charge in [-0.25, -0.2) is 4.68 Å². The molecule has 2 aromatic rings. The van der Waals surface area contributed by atoms with Gasteiger partial charge in [0.15, 0.2) is 6.10 Å². The Bertz CT molecular complexity index is 770. The molecule has 9 heteroatoms. The standard InChI is InChI=1S/C18H27N7O2/c1-5-24(18(2,3)4)25(26)21-27-17-9-11-22(14-17)15-7-6-8-16(13-15)23-12-10-19-20-23/h6-8,10,12-13,17H,5,9,11,14H2,1-4H3/b25-21+/t17-/m1/s1. The molecule has 0 N–H and O–H groups in total. The fourth-order valence-electron chi connectivity index (χ4n) is 3.23. The Hall–Kier alpha value is -2.84. The van der Waals surface area contributed by atoms with E-state index in [1.807, 2.05) is 46.0 Å². The van der Waals surface area contributed by atoms with Crippen LogP contribution < -0.4 is 4.90 Å².